The van der Waals surface area contributed by atoms with Gasteiger partial charge >= 0.3 is 0 Å². The summed E-state index contributed by atoms with van der Waals surface area (Å²) in [5, 5.41) is 5.36. The quantitative estimate of drug-likeness (QED) is 0.634. The van der Waals surface area contributed by atoms with Gasteiger partial charge in [0, 0.05) is 12.2 Å². The molecule has 2 N–H and O–H groups in total. The molecule has 0 heterocycles. The van der Waals surface area contributed by atoms with Gasteiger partial charge in [0.1, 0.15) is 5.82 Å². The van der Waals surface area contributed by atoms with Crippen LogP contribution in [0.1, 0.15) is 12.5 Å². The van der Waals surface area contributed by atoms with Crippen molar-refractivity contribution < 1.29 is 4.39 Å². The van der Waals surface area contributed by atoms with Crippen LogP contribution in [0.5, 0.6) is 0 Å². The molecule has 22 heavy (non-hydrogen) atoms. The van der Waals surface area contributed by atoms with Gasteiger partial charge in [-0.15, -0.1) is 0 Å². The molecule has 0 aliphatic carbocycles. The Balaban J connectivity index is 2.02. The minimum absolute atomic E-state index is 0.0543. The molecule has 0 amide bonds. The van der Waals surface area contributed by atoms with Crippen LogP contribution in [0.2, 0.25) is 5.02 Å². The summed E-state index contributed by atoms with van der Waals surface area (Å²) < 4.78 is 13.1. The Kier molecular flexibility index (Phi) is 5.57. The zero-order valence-electron chi connectivity index (χ0n) is 12.4. The number of hydrogen-bond donors (Lipinski definition) is 2. The van der Waals surface area contributed by atoms with E-state index < -0.39 is 5.82 Å². The van der Waals surface area contributed by atoms with Crippen LogP contribution >= 0.6 is 23.8 Å². The molecular formula is C16H17ClFN3S. The summed E-state index contributed by atoms with van der Waals surface area (Å²) >= 11 is 11.0. The lowest BCUT2D eigenvalue weighted by Crippen LogP contribution is -2.44. The Morgan fingerprint density at radius 2 is 1.91 bits per heavy atom. The van der Waals surface area contributed by atoms with Crippen LogP contribution in [0.4, 0.5) is 15.8 Å². The maximum atomic E-state index is 13.1. The summed E-state index contributed by atoms with van der Waals surface area (Å²) in [6.07, 6.45) is 0. The zero-order valence-corrected chi connectivity index (χ0v) is 13.9. The van der Waals surface area contributed by atoms with E-state index in [1.807, 2.05) is 43.1 Å². The molecule has 0 bridgehead atoms. The number of benzene rings is 2. The van der Waals surface area contributed by atoms with Crippen LogP contribution in [0, 0.1) is 12.7 Å². The predicted octanol–water partition coefficient (Wildman–Crippen LogP) is 4.52. The molecule has 0 unspecified atom stereocenters. The molecular weight excluding hydrogens is 321 g/mol. The Hall–Kier alpha value is -1.85. The van der Waals surface area contributed by atoms with Crippen molar-refractivity contribution in [2.24, 2.45) is 0 Å². The van der Waals surface area contributed by atoms with Gasteiger partial charge in [-0.3, -0.25) is 10.4 Å². The summed E-state index contributed by atoms with van der Waals surface area (Å²) in [5.41, 5.74) is 5.93. The molecule has 0 fully saturated rings. The van der Waals surface area contributed by atoms with Crippen LogP contribution in [0.3, 0.4) is 0 Å². The Morgan fingerprint density at radius 1 is 1.23 bits per heavy atom. The van der Waals surface area contributed by atoms with E-state index in [0.29, 0.717) is 10.8 Å². The van der Waals surface area contributed by atoms with E-state index in [1.54, 1.807) is 6.07 Å². The SMILES string of the molecule is CCN(NC(=S)Nc1ccc(F)c(Cl)c1)c1ccc(C)cc1. The van der Waals surface area contributed by atoms with Crippen LogP contribution in [-0.4, -0.2) is 11.7 Å². The molecule has 0 aliphatic rings. The second kappa shape index (κ2) is 7.42. The van der Waals surface area contributed by atoms with E-state index in [1.165, 1.54) is 17.7 Å². The van der Waals surface area contributed by atoms with Crippen molar-refractivity contribution in [2.75, 3.05) is 16.9 Å². The highest BCUT2D eigenvalue weighted by molar-refractivity contribution is 7.80. The minimum Gasteiger partial charge on any atom is -0.331 e. The standard InChI is InChI=1S/C16H17ClFN3S/c1-3-21(13-7-4-11(2)5-8-13)20-16(22)19-12-6-9-15(18)14(17)10-12/h4-10H,3H2,1-2H3,(H2,19,20,22). The Morgan fingerprint density at radius 3 is 2.50 bits per heavy atom. The first kappa shape index (κ1) is 16.5. The molecule has 0 aromatic heterocycles. The lowest BCUT2D eigenvalue weighted by Gasteiger charge is -2.25. The molecule has 6 heteroatoms. The second-order valence-electron chi connectivity index (χ2n) is 4.77. The molecule has 2 aromatic carbocycles. The van der Waals surface area contributed by atoms with Crippen molar-refractivity contribution in [2.45, 2.75) is 13.8 Å². The second-order valence-corrected chi connectivity index (χ2v) is 5.59. The third kappa shape index (κ3) is 4.32. The minimum atomic E-state index is -0.457. The third-order valence-electron chi connectivity index (χ3n) is 3.08. The van der Waals surface area contributed by atoms with E-state index in [-0.39, 0.29) is 5.02 Å². The van der Waals surface area contributed by atoms with Crippen molar-refractivity contribution in [1.82, 2.24) is 5.43 Å². The number of rotatable bonds is 4. The first-order chi connectivity index (χ1) is 10.5. The van der Waals surface area contributed by atoms with Crippen molar-refractivity contribution in [3.8, 4) is 0 Å². The molecule has 0 spiro atoms. The molecule has 0 saturated carbocycles. The van der Waals surface area contributed by atoms with Crippen LogP contribution in [0.15, 0.2) is 42.5 Å². The fourth-order valence-electron chi connectivity index (χ4n) is 1.91. The highest BCUT2D eigenvalue weighted by atomic mass is 35.5. The van der Waals surface area contributed by atoms with Gasteiger partial charge in [0.2, 0.25) is 0 Å². The largest absolute Gasteiger partial charge is 0.331 e. The van der Waals surface area contributed by atoms with Crippen molar-refractivity contribution in [3.63, 3.8) is 0 Å². The van der Waals surface area contributed by atoms with Crippen molar-refractivity contribution >= 4 is 40.3 Å². The first-order valence-corrected chi connectivity index (χ1v) is 7.65. The van der Waals surface area contributed by atoms with E-state index >= 15 is 0 Å². The number of nitrogens with one attached hydrogen (secondary N) is 2. The number of anilines is 2. The first-order valence-electron chi connectivity index (χ1n) is 6.86. The fourth-order valence-corrected chi connectivity index (χ4v) is 2.31. The van der Waals surface area contributed by atoms with Crippen molar-refractivity contribution in [1.29, 1.82) is 0 Å². The molecule has 0 aliphatic heterocycles. The number of halogens is 2. The molecule has 116 valence electrons. The highest BCUT2D eigenvalue weighted by Crippen LogP contribution is 2.19. The maximum absolute atomic E-state index is 13.1. The third-order valence-corrected chi connectivity index (χ3v) is 3.56. The molecule has 2 rings (SSSR count). The normalized spacial score (nSPS) is 10.2. The van der Waals surface area contributed by atoms with Crippen LogP contribution < -0.4 is 15.8 Å². The summed E-state index contributed by atoms with van der Waals surface area (Å²) in [6.45, 7) is 4.79. The fraction of sp³-hybridized carbons (Fsp3) is 0.188. The Labute approximate surface area is 140 Å². The van der Waals surface area contributed by atoms with Crippen LogP contribution in [-0.2, 0) is 0 Å². The summed E-state index contributed by atoms with van der Waals surface area (Å²) in [4.78, 5) is 0. The molecule has 0 atom stereocenters. The smallest absolute Gasteiger partial charge is 0.189 e. The zero-order chi connectivity index (χ0) is 16.1. The van der Waals surface area contributed by atoms with Gasteiger partial charge in [0.05, 0.1) is 10.7 Å². The lowest BCUT2D eigenvalue weighted by atomic mass is 10.2. The van der Waals surface area contributed by atoms with E-state index in [4.69, 9.17) is 23.8 Å². The molecule has 2 aromatic rings. The van der Waals surface area contributed by atoms with Crippen LogP contribution in [0.25, 0.3) is 0 Å². The highest BCUT2D eigenvalue weighted by Gasteiger charge is 2.07. The van der Waals surface area contributed by atoms with Gasteiger partial charge in [-0.2, -0.15) is 0 Å². The number of aryl methyl sites for hydroxylation is 1. The number of hydrazine groups is 1. The average Bonchev–Trinajstić information content (AvgIpc) is 2.49. The van der Waals surface area contributed by atoms with Gasteiger partial charge < -0.3 is 5.32 Å². The van der Waals surface area contributed by atoms with Crippen molar-refractivity contribution in [3.05, 3.63) is 58.9 Å². The van der Waals surface area contributed by atoms with Gasteiger partial charge in [-0.1, -0.05) is 29.3 Å². The maximum Gasteiger partial charge on any atom is 0.189 e. The monoisotopic (exact) mass is 337 g/mol. The van der Waals surface area contributed by atoms with E-state index in [2.05, 4.69) is 10.7 Å². The molecule has 0 saturated heterocycles. The van der Waals surface area contributed by atoms with E-state index in [9.17, 15) is 4.39 Å². The van der Waals surface area contributed by atoms with E-state index in [0.717, 1.165) is 12.2 Å². The summed E-state index contributed by atoms with van der Waals surface area (Å²) in [6, 6.07) is 12.5. The topological polar surface area (TPSA) is 27.3 Å². The number of thiocarbonyl (C=S) groups is 1. The Bertz CT molecular complexity index is 661. The average molecular weight is 338 g/mol. The summed E-state index contributed by atoms with van der Waals surface area (Å²) in [5.74, 6) is -0.457. The van der Waals surface area contributed by atoms with Gasteiger partial charge in [0.15, 0.2) is 5.11 Å². The number of hydrogen-bond acceptors (Lipinski definition) is 2. The summed E-state index contributed by atoms with van der Waals surface area (Å²) in [7, 11) is 0. The molecule has 0 radical (unpaired) electrons. The van der Waals surface area contributed by atoms with Gasteiger partial charge in [-0.05, 0) is 56.4 Å². The molecule has 3 nitrogen and oxygen atoms in total. The van der Waals surface area contributed by atoms with Gasteiger partial charge in [-0.25, -0.2) is 4.39 Å². The lowest BCUT2D eigenvalue weighted by molar-refractivity contribution is 0.628. The predicted molar refractivity (Wildman–Crippen MR) is 95.0 cm³/mol. The number of nitrogens with zero attached hydrogens (tertiary/aromatic N) is 1. The van der Waals surface area contributed by atoms with Gasteiger partial charge in [0.25, 0.3) is 0 Å².